The molecule has 0 aliphatic carbocycles. The Morgan fingerprint density at radius 2 is 2.11 bits per heavy atom. The number of aromatic hydroxyl groups is 1. The van der Waals surface area contributed by atoms with E-state index in [1.807, 2.05) is 0 Å². The van der Waals surface area contributed by atoms with Crippen molar-refractivity contribution in [2.75, 3.05) is 0 Å². The molecule has 2 aromatic rings. The average molecular weight is 285 g/mol. The normalized spacial score (nSPS) is 10.7. The maximum atomic E-state index is 13.2. The summed E-state index contributed by atoms with van der Waals surface area (Å²) in [5.74, 6) is -1.15. The Balaban J connectivity index is 2.86. The predicted octanol–water partition coefficient (Wildman–Crippen LogP) is 1.59. The van der Waals surface area contributed by atoms with Crippen LogP contribution in [0.5, 0.6) is 5.88 Å². The summed E-state index contributed by atoms with van der Waals surface area (Å²) in [6.07, 6.45) is 0.217. The van der Waals surface area contributed by atoms with E-state index in [0.29, 0.717) is 0 Å². The molecule has 19 heavy (non-hydrogen) atoms. The van der Waals surface area contributed by atoms with Crippen LogP contribution in [-0.4, -0.2) is 14.7 Å². The molecule has 0 radical (unpaired) electrons. The van der Waals surface area contributed by atoms with Crippen molar-refractivity contribution in [3.8, 4) is 11.6 Å². The van der Waals surface area contributed by atoms with Crippen molar-refractivity contribution < 1.29 is 9.50 Å². The fourth-order valence-electron chi connectivity index (χ4n) is 1.76. The van der Waals surface area contributed by atoms with E-state index in [1.165, 1.54) is 6.07 Å². The molecular formula is C12H10ClFN2O3. The molecule has 0 bridgehead atoms. The molecule has 0 saturated carbocycles. The van der Waals surface area contributed by atoms with Crippen molar-refractivity contribution in [3.63, 3.8) is 0 Å². The van der Waals surface area contributed by atoms with Gasteiger partial charge < -0.3 is 5.11 Å². The van der Waals surface area contributed by atoms with Crippen LogP contribution in [0.15, 0.2) is 27.8 Å². The highest BCUT2D eigenvalue weighted by molar-refractivity contribution is 6.32. The SMILES string of the molecule is CCc1c(O)n(-c2cc(F)ccc2Cl)c(=O)[nH]c1=O. The van der Waals surface area contributed by atoms with E-state index in [-0.39, 0.29) is 22.7 Å². The highest BCUT2D eigenvalue weighted by atomic mass is 35.5. The van der Waals surface area contributed by atoms with Gasteiger partial charge >= 0.3 is 5.69 Å². The molecule has 0 saturated heterocycles. The quantitative estimate of drug-likeness (QED) is 0.879. The number of halogens is 2. The van der Waals surface area contributed by atoms with Gasteiger partial charge in [0.05, 0.1) is 16.3 Å². The van der Waals surface area contributed by atoms with Gasteiger partial charge in [-0.3, -0.25) is 9.78 Å². The molecule has 0 aliphatic rings. The number of aromatic nitrogens is 2. The first-order valence-corrected chi connectivity index (χ1v) is 5.86. The second-order valence-corrected chi connectivity index (χ2v) is 4.25. The van der Waals surface area contributed by atoms with Crippen LogP contribution in [0.2, 0.25) is 5.02 Å². The molecule has 0 spiro atoms. The van der Waals surface area contributed by atoms with Gasteiger partial charge in [0.25, 0.3) is 5.56 Å². The van der Waals surface area contributed by atoms with E-state index in [9.17, 15) is 19.1 Å². The first-order valence-electron chi connectivity index (χ1n) is 5.48. The molecule has 2 rings (SSSR count). The third-order valence-electron chi connectivity index (χ3n) is 2.68. The first-order chi connectivity index (χ1) is 8.95. The highest BCUT2D eigenvalue weighted by Gasteiger charge is 2.16. The van der Waals surface area contributed by atoms with E-state index in [1.54, 1.807) is 6.92 Å². The third kappa shape index (κ3) is 2.26. The van der Waals surface area contributed by atoms with Crippen molar-refractivity contribution >= 4 is 11.6 Å². The number of hydrogen-bond acceptors (Lipinski definition) is 3. The minimum atomic E-state index is -0.882. The van der Waals surface area contributed by atoms with Crippen molar-refractivity contribution in [2.24, 2.45) is 0 Å². The number of rotatable bonds is 2. The number of nitrogens with one attached hydrogen (secondary N) is 1. The monoisotopic (exact) mass is 284 g/mol. The van der Waals surface area contributed by atoms with Gasteiger partial charge in [-0.25, -0.2) is 13.8 Å². The molecule has 2 N–H and O–H groups in total. The second kappa shape index (κ2) is 4.89. The summed E-state index contributed by atoms with van der Waals surface area (Å²) >= 11 is 5.88. The second-order valence-electron chi connectivity index (χ2n) is 3.85. The van der Waals surface area contributed by atoms with E-state index in [4.69, 9.17) is 11.6 Å². The van der Waals surface area contributed by atoms with Crippen LogP contribution in [0.25, 0.3) is 5.69 Å². The smallest absolute Gasteiger partial charge is 0.335 e. The van der Waals surface area contributed by atoms with E-state index in [0.717, 1.165) is 16.7 Å². The molecule has 1 aromatic carbocycles. The van der Waals surface area contributed by atoms with Crippen molar-refractivity contribution in [1.82, 2.24) is 9.55 Å². The number of hydrogen-bond donors (Lipinski definition) is 2. The Morgan fingerprint density at radius 3 is 2.74 bits per heavy atom. The molecule has 0 aliphatic heterocycles. The van der Waals surface area contributed by atoms with Crippen LogP contribution in [-0.2, 0) is 6.42 Å². The lowest BCUT2D eigenvalue weighted by molar-refractivity contribution is 0.423. The van der Waals surface area contributed by atoms with E-state index >= 15 is 0 Å². The van der Waals surface area contributed by atoms with Crippen LogP contribution in [0.4, 0.5) is 4.39 Å². The zero-order chi connectivity index (χ0) is 14.2. The predicted molar refractivity (Wildman–Crippen MR) is 68.7 cm³/mol. The Hall–Kier alpha value is -2.08. The topological polar surface area (TPSA) is 75.1 Å². The summed E-state index contributed by atoms with van der Waals surface area (Å²) in [5, 5.41) is 10.1. The molecule has 0 fully saturated rings. The fourth-order valence-corrected chi connectivity index (χ4v) is 1.96. The zero-order valence-corrected chi connectivity index (χ0v) is 10.7. The van der Waals surface area contributed by atoms with Crippen LogP contribution in [0.1, 0.15) is 12.5 Å². The molecule has 100 valence electrons. The van der Waals surface area contributed by atoms with Crippen molar-refractivity contribution in [2.45, 2.75) is 13.3 Å². The van der Waals surface area contributed by atoms with Crippen molar-refractivity contribution in [1.29, 1.82) is 0 Å². The van der Waals surface area contributed by atoms with Gasteiger partial charge in [-0.15, -0.1) is 0 Å². The lowest BCUT2D eigenvalue weighted by atomic mass is 10.2. The summed E-state index contributed by atoms with van der Waals surface area (Å²) in [7, 11) is 0. The molecular weight excluding hydrogens is 275 g/mol. The van der Waals surface area contributed by atoms with Gasteiger partial charge in [-0.1, -0.05) is 18.5 Å². The van der Waals surface area contributed by atoms with Gasteiger partial charge in [0.1, 0.15) is 5.82 Å². The number of H-pyrrole nitrogens is 1. The number of nitrogens with zero attached hydrogens (tertiary/aromatic N) is 1. The lowest BCUT2D eigenvalue weighted by Crippen LogP contribution is -2.31. The molecule has 0 unspecified atom stereocenters. The Morgan fingerprint density at radius 1 is 1.42 bits per heavy atom. The summed E-state index contributed by atoms with van der Waals surface area (Å²) < 4.78 is 14.0. The molecule has 1 aromatic heterocycles. The maximum Gasteiger partial charge on any atom is 0.335 e. The van der Waals surface area contributed by atoms with Crippen LogP contribution >= 0.6 is 11.6 Å². The summed E-state index contributed by atoms with van der Waals surface area (Å²) in [6, 6.07) is 3.39. The molecule has 5 nitrogen and oxygen atoms in total. The maximum absolute atomic E-state index is 13.2. The van der Waals surface area contributed by atoms with E-state index in [2.05, 4.69) is 4.98 Å². The van der Waals surface area contributed by atoms with Gasteiger partial charge in [0, 0.05) is 0 Å². The molecule has 0 amide bonds. The zero-order valence-electron chi connectivity index (χ0n) is 9.91. The summed E-state index contributed by atoms with van der Waals surface area (Å²) in [5.41, 5.74) is -1.56. The van der Waals surface area contributed by atoms with Crippen LogP contribution in [0, 0.1) is 5.82 Å². The van der Waals surface area contributed by atoms with Crippen LogP contribution in [0.3, 0.4) is 0 Å². The summed E-state index contributed by atoms with van der Waals surface area (Å²) in [4.78, 5) is 25.3. The lowest BCUT2D eigenvalue weighted by Gasteiger charge is -2.11. The van der Waals surface area contributed by atoms with Gasteiger partial charge in [-0.2, -0.15) is 0 Å². The highest BCUT2D eigenvalue weighted by Crippen LogP contribution is 2.24. The molecule has 1 heterocycles. The average Bonchev–Trinajstić information content (AvgIpc) is 2.33. The Bertz CT molecular complexity index is 752. The number of benzene rings is 1. The largest absolute Gasteiger partial charge is 0.494 e. The standard InChI is InChI=1S/C12H10ClFN2O3/c1-2-7-10(17)15-12(19)16(11(7)18)9-5-6(14)3-4-8(9)13/h3-5,18H,2H2,1H3,(H,15,17,19). The van der Waals surface area contributed by atoms with Gasteiger partial charge in [0.15, 0.2) is 0 Å². The minimum Gasteiger partial charge on any atom is -0.494 e. The third-order valence-corrected chi connectivity index (χ3v) is 3.00. The fraction of sp³-hybridized carbons (Fsp3) is 0.167. The van der Waals surface area contributed by atoms with Crippen LogP contribution < -0.4 is 11.2 Å². The summed E-state index contributed by atoms with van der Waals surface area (Å²) in [6.45, 7) is 1.65. The Kier molecular flexibility index (Phi) is 3.44. The minimum absolute atomic E-state index is 0.0277. The molecule has 0 atom stereocenters. The van der Waals surface area contributed by atoms with Gasteiger partial charge in [-0.05, 0) is 24.6 Å². The Labute approximate surface area is 111 Å². The first kappa shape index (κ1) is 13.4. The van der Waals surface area contributed by atoms with E-state index < -0.39 is 22.9 Å². The van der Waals surface area contributed by atoms with Crippen molar-refractivity contribution in [3.05, 3.63) is 55.4 Å². The number of aromatic amines is 1. The molecule has 7 heteroatoms. The van der Waals surface area contributed by atoms with Gasteiger partial charge in [0.2, 0.25) is 5.88 Å².